The fraction of sp³-hybridized carbons (Fsp3) is 0.167. The number of thiazole rings is 1. The van der Waals surface area contributed by atoms with E-state index in [4.69, 9.17) is 0 Å². The van der Waals surface area contributed by atoms with Crippen LogP contribution in [0, 0.1) is 6.92 Å². The predicted octanol–water partition coefficient (Wildman–Crippen LogP) is 2.25. The van der Waals surface area contributed by atoms with Crippen molar-refractivity contribution >= 4 is 11.3 Å². The van der Waals surface area contributed by atoms with Crippen LogP contribution in [0.5, 0.6) is 0 Å². The predicted molar refractivity (Wildman–Crippen MR) is 38.1 cm³/mol. The topological polar surface area (TPSA) is 12.9 Å². The van der Waals surface area contributed by atoms with Crippen molar-refractivity contribution in [2.45, 2.75) is 6.92 Å². The Morgan fingerprint density at radius 1 is 1.62 bits per heavy atom. The first-order valence-electron chi connectivity index (χ1n) is 2.24. The van der Waals surface area contributed by atoms with Gasteiger partial charge in [0.1, 0.15) is 0 Å². The lowest BCUT2D eigenvalue weighted by atomic mass is 10.7. The summed E-state index contributed by atoms with van der Waals surface area (Å²) in [5, 5.41) is 0. The van der Waals surface area contributed by atoms with E-state index < -0.39 is 0 Å². The molecule has 1 nitrogen and oxygen atoms in total. The molecule has 0 bridgehead atoms. The minimum atomic E-state index is 1.27. The first-order chi connectivity index (χ1) is 3.89. The summed E-state index contributed by atoms with van der Waals surface area (Å²) >= 11 is 1.67. The summed E-state index contributed by atoms with van der Waals surface area (Å²) in [5.74, 6) is 0. The van der Waals surface area contributed by atoms with Crippen molar-refractivity contribution < 1.29 is 0 Å². The van der Waals surface area contributed by atoms with Gasteiger partial charge in [0.25, 0.3) is 0 Å². The Hall–Kier alpha value is -0.630. The third-order valence-corrected chi connectivity index (χ3v) is 1.26. The molecule has 0 amide bonds. The Balaban J connectivity index is 0.000000222. The molecule has 0 radical (unpaired) electrons. The molecule has 0 saturated carbocycles. The Morgan fingerprint density at radius 2 is 2.25 bits per heavy atom. The van der Waals surface area contributed by atoms with E-state index in [1.165, 1.54) is 4.88 Å². The Kier molecular flexibility index (Phi) is 4.17. The van der Waals surface area contributed by atoms with E-state index >= 15 is 0 Å². The highest BCUT2D eigenvalue weighted by Gasteiger charge is 1.76. The summed E-state index contributed by atoms with van der Waals surface area (Å²) in [6, 6.07) is 0. The maximum atomic E-state index is 3.84. The first-order valence-corrected chi connectivity index (χ1v) is 3.12. The van der Waals surface area contributed by atoms with Crippen LogP contribution in [0.1, 0.15) is 4.88 Å². The number of hydrogen-bond donors (Lipinski definition) is 0. The minimum absolute atomic E-state index is 1.27. The van der Waals surface area contributed by atoms with Crippen LogP contribution in [0.15, 0.2) is 24.9 Å². The van der Waals surface area contributed by atoms with Crippen LogP contribution in [0.2, 0.25) is 0 Å². The van der Waals surface area contributed by atoms with Crippen LogP contribution < -0.4 is 0 Å². The molecule has 0 aromatic carbocycles. The lowest BCUT2D eigenvalue weighted by molar-refractivity contribution is 1.39. The third kappa shape index (κ3) is 2.53. The average molecular weight is 127 g/mol. The fourth-order valence-electron chi connectivity index (χ4n) is 0.279. The van der Waals surface area contributed by atoms with Crippen LogP contribution >= 0.6 is 11.3 Å². The maximum absolute atomic E-state index is 3.84. The van der Waals surface area contributed by atoms with Gasteiger partial charge in [-0.05, 0) is 6.92 Å². The average Bonchev–Trinajstić information content (AvgIpc) is 2.24. The fourth-order valence-corrected chi connectivity index (χ4v) is 0.689. The Bertz CT molecular complexity index is 123. The van der Waals surface area contributed by atoms with Gasteiger partial charge in [-0.25, -0.2) is 0 Å². The van der Waals surface area contributed by atoms with Gasteiger partial charge in [-0.15, -0.1) is 24.5 Å². The molecule has 0 saturated heterocycles. The SMILES string of the molecule is C=C.Cc1cncs1. The van der Waals surface area contributed by atoms with Gasteiger partial charge in [0.05, 0.1) is 5.51 Å². The maximum Gasteiger partial charge on any atom is 0.0794 e. The lowest BCUT2D eigenvalue weighted by Crippen LogP contribution is -1.48. The van der Waals surface area contributed by atoms with Gasteiger partial charge in [-0.3, -0.25) is 4.98 Å². The van der Waals surface area contributed by atoms with Crippen molar-refractivity contribution in [2.75, 3.05) is 0 Å². The zero-order valence-electron chi connectivity index (χ0n) is 4.92. The molecule has 0 fully saturated rings. The van der Waals surface area contributed by atoms with Crippen molar-refractivity contribution in [1.82, 2.24) is 4.98 Å². The van der Waals surface area contributed by atoms with Gasteiger partial charge in [0.2, 0.25) is 0 Å². The molecule has 0 aliphatic carbocycles. The molecule has 0 unspecified atom stereocenters. The van der Waals surface area contributed by atoms with E-state index in [9.17, 15) is 0 Å². The van der Waals surface area contributed by atoms with Gasteiger partial charge < -0.3 is 0 Å². The van der Waals surface area contributed by atoms with E-state index in [1.54, 1.807) is 11.3 Å². The molecule has 1 aromatic heterocycles. The van der Waals surface area contributed by atoms with E-state index in [-0.39, 0.29) is 0 Å². The zero-order valence-corrected chi connectivity index (χ0v) is 5.74. The van der Waals surface area contributed by atoms with Crippen molar-refractivity contribution in [3.63, 3.8) is 0 Å². The molecular formula is C6H9NS. The number of nitrogens with zero attached hydrogens (tertiary/aromatic N) is 1. The molecule has 1 rings (SSSR count). The molecule has 2 heteroatoms. The van der Waals surface area contributed by atoms with Gasteiger partial charge in [0, 0.05) is 11.1 Å². The molecule has 0 atom stereocenters. The standard InChI is InChI=1S/C4H5NS.C2H4/c1-4-2-5-3-6-4;1-2/h2-3H,1H3;1-2H2. The summed E-state index contributed by atoms with van der Waals surface area (Å²) in [5.41, 5.74) is 1.83. The van der Waals surface area contributed by atoms with Gasteiger partial charge in [-0.1, -0.05) is 0 Å². The van der Waals surface area contributed by atoms with Crippen LogP contribution in [-0.2, 0) is 0 Å². The lowest BCUT2D eigenvalue weighted by Gasteiger charge is -1.63. The molecule has 8 heavy (non-hydrogen) atoms. The zero-order chi connectivity index (χ0) is 6.41. The molecule has 1 heterocycles. The van der Waals surface area contributed by atoms with Gasteiger partial charge in [0.15, 0.2) is 0 Å². The minimum Gasteiger partial charge on any atom is -0.253 e. The molecule has 0 spiro atoms. The van der Waals surface area contributed by atoms with E-state index in [2.05, 4.69) is 18.1 Å². The molecule has 1 aromatic rings. The second kappa shape index (κ2) is 4.53. The van der Waals surface area contributed by atoms with Crippen LogP contribution in [0.25, 0.3) is 0 Å². The molecular weight excluding hydrogens is 118 g/mol. The van der Waals surface area contributed by atoms with Crippen molar-refractivity contribution in [2.24, 2.45) is 0 Å². The third-order valence-electron chi connectivity index (χ3n) is 0.556. The van der Waals surface area contributed by atoms with Crippen LogP contribution in [0.3, 0.4) is 0 Å². The molecule has 44 valence electrons. The quantitative estimate of drug-likeness (QED) is 0.487. The second-order valence-corrected chi connectivity index (χ2v) is 2.20. The monoisotopic (exact) mass is 127 g/mol. The second-order valence-electron chi connectivity index (χ2n) is 1.11. The summed E-state index contributed by atoms with van der Waals surface area (Å²) in [6.45, 7) is 8.04. The summed E-state index contributed by atoms with van der Waals surface area (Å²) in [4.78, 5) is 5.11. The van der Waals surface area contributed by atoms with Crippen molar-refractivity contribution in [3.8, 4) is 0 Å². The number of rotatable bonds is 0. The summed E-state index contributed by atoms with van der Waals surface area (Å²) in [7, 11) is 0. The first kappa shape index (κ1) is 7.37. The van der Waals surface area contributed by atoms with Crippen molar-refractivity contribution in [3.05, 3.63) is 29.7 Å². The molecule has 0 aliphatic rings. The Morgan fingerprint density at radius 3 is 2.38 bits per heavy atom. The number of aromatic nitrogens is 1. The van der Waals surface area contributed by atoms with Gasteiger partial charge >= 0.3 is 0 Å². The highest BCUT2D eigenvalue weighted by molar-refractivity contribution is 7.09. The summed E-state index contributed by atoms with van der Waals surface area (Å²) < 4.78 is 0. The Labute approximate surface area is 53.7 Å². The van der Waals surface area contributed by atoms with E-state index in [0.717, 1.165) is 0 Å². The number of aryl methyl sites for hydroxylation is 1. The highest BCUT2D eigenvalue weighted by Crippen LogP contribution is 1.99. The van der Waals surface area contributed by atoms with Crippen molar-refractivity contribution in [1.29, 1.82) is 0 Å². The van der Waals surface area contributed by atoms with E-state index in [1.807, 2.05) is 18.6 Å². The smallest absolute Gasteiger partial charge is 0.0794 e. The largest absolute Gasteiger partial charge is 0.253 e. The number of hydrogen-bond acceptors (Lipinski definition) is 2. The normalized spacial score (nSPS) is 7.12. The molecule has 0 N–H and O–H groups in total. The van der Waals surface area contributed by atoms with Crippen LogP contribution in [-0.4, -0.2) is 4.98 Å². The highest BCUT2D eigenvalue weighted by atomic mass is 32.1. The van der Waals surface area contributed by atoms with E-state index in [0.29, 0.717) is 0 Å². The van der Waals surface area contributed by atoms with Gasteiger partial charge in [-0.2, -0.15) is 0 Å². The molecule has 0 aliphatic heterocycles. The van der Waals surface area contributed by atoms with Crippen LogP contribution in [0.4, 0.5) is 0 Å². The summed E-state index contributed by atoms with van der Waals surface area (Å²) in [6.07, 6.45) is 1.85.